The van der Waals surface area contributed by atoms with Gasteiger partial charge in [0.25, 0.3) is 15.9 Å². The van der Waals surface area contributed by atoms with Crippen LogP contribution in [0.4, 0.5) is 10.8 Å². The van der Waals surface area contributed by atoms with E-state index in [1.807, 2.05) is 12.1 Å². The zero-order valence-corrected chi connectivity index (χ0v) is 23.8. The van der Waals surface area contributed by atoms with Crippen LogP contribution in [0, 0.1) is 6.92 Å². The molecule has 0 radical (unpaired) electrons. The van der Waals surface area contributed by atoms with E-state index in [1.165, 1.54) is 36.9 Å². The average Bonchev–Trinajstić information content (AvgIpc) is 3.63. The van der Waals surface area contributed by atoms with Gasteiger partial charge in [0.05, 0.1) is 12.8 Å². The van der Waals surface area contributed by atoms with Gasteiger partial charge in [0.1, 0.15) is 12.4 Å². The summed E-state index contributed by atoms with van der Waals surface area (Å²) in [5, 5.41) is 0.206. The van der Waals surface area contributed by atoms with Gasteiger partial charge in [-0.3, -0.25) is 4.79 Å². The Morgan fingerprint density at radius 3 is 2.51 bits per heavy atom. The summed E-state index contributed by atoms with van der Waals surface area (Å²) in [6.45, 7) is 2.34. The van der Waals surface area contributed by atoms with Crippen molar-refractivity contribution in [2.45, 2.75) is 42.4 Å². The Morgan fingerprint density at radius 2 is 1.87 bits per heavy atom. The number of ether oxygens (including phenoxy) is 3. The van der Waals surface area contributed by atoms with Gasteiger partial charge in [-0.25, -0.2) is 13.4 Å². The molecule has 2 aliphatic rings. The molecule has 10 nitrogen and oxygen atoms in total. The fourth-order valence-electron chi connectivity index (χ4n) is 4.55. The number of nitrogens with two attached hydrogens (primary N) is 1. The lowest BCUT2D eigenvalue weighted by Crippen LogP contribution is -2.32. The van der Waals surface area contributed by atoms with Gasteiger partial charge in [-0.15, -0.1) is 0 Å². The van der Waals surface area contributed by atoms with Gasteiger partial charge in [0, 0.05) is 38.3 Å². The fraction of sp³-hybridized carbons (Fsp3) is 0.407. The molecular weight excluding hydrogens is 540 g/mol. The van der Waals surface area contributed by atoms with Crippen molar-refractivity contribution < 1.29 is 27.4 Å². The molecule has 12 heteroatoms. The molecule has 208 valence electrons. The second-order valence-corrected chi connectivity index (χ2v) is 12.9. The van der Waals surface area contributed by atoms with Crippen LogP contribution in [0.3, 0.4) is 0 Å². The van der Waals surface area contributed by atoms with Gasteiger partial charge < -0.3 is 24.8 Å². The summed E-state index contributed by atoms with van der Waals surface area (Å²) in [5.74, 6) is 2.15. The average molecular weight is 573 g/mol. The highest BCUT2D eigenvalue weighted by atomic mass is 32.2. The number of rotatable bonds is 11. The Balaban J connectivity index is 1.19. The van der Waals surface area contributed by atoms with E-state index in [-0.39, 0.29) is 28.4 Å². The molecule has 1 aromatic heterocycles. The lowest BCUT2D eigenvalue weighted by molar-refractivity contribution is -0.122. The maximum atomic E-state index is 13.1. The molecule has 1 saturated heterocycles. The molecule has 0 spiro atoms. The summed E-state index contributed by atoms with van der Waals surface area (Å²) in [4.78, 5) is 18.8. The molecule has 2 heterocycles. The molecule has 0 bridgehead atoms. The fourth-order valence-corrected chi connectivity index (χ4v) is 7.19. The predicted molar refractivity (Wildman–Crippen MR) is 149 cm³/mol. The minimum Gasteiger partial charge on any atom is -0.493 e. The van der Waals surface area contributed by atoms with Crippen molar-refractivity contribution >= 4 is 38.1 Å². The van der Waals surface area contributed by atoms with Crippen LogP contribution in [0.2, 0.25) is 0 Å². The molecule has 1 atom stereocenters. The Kier molecular flexibility index (Phi) is 7.70. The number of nitrogen functional groups attached to an aromatic ring is 1. The van der Waals surface area contributed by atoms with E-state index in [9.17, 15) is 13.2 Å². The van der Waals surface area contributed by atoms with Crippen molar-refractivity contribution in [1.82, 2.24) is 9.29 Å². The molecule has 0 unspecified atom stereocenters. The predicted octanol–water partition coefficient (Wildman–Crippen LogP) is 3.80. The highest BCUT2D eigenvalue weighted by molar-refractivity contribution is 7.91. The van der Waals surface area contributed by atoms with Crippen LogP contribution in [-0.4, -0.2) is 63.6 Å². The number of likely N-dealkylation sites (N-methyl/N-ethyl adjacent to an activating group) is 1. The minimum atomic E-state index is -3.73. The number of carbonyl (C=O) groups is 1. The quantitative estimate of drug-likeness (QED) is 0.368. The number of methoxy groups -OCH3 is 1. The largest absolute Gasteiger partial charge is 0.493 e. The SMILES string of the molecule is COc1cc(N2CC[C@H](Oc3ccc(C4CC4)cc3)C2=O)ccc1OCCN(C)S(=O)(=O)c1sc(N)nc1C. The van der Waals surface area contributed by atoms with Gasteiger partial charge >= 0.3 is 0 Å². The summed E-state index contributed by atoms with van der Waals surface area (Å²) < 4.78 is 44.4. The second kappa shape index (κ2) is 11.0. The van der Waals surface area contributed by atoms with Gasteiger partial charge in [-0.05, 0) is 55.5 Å². The number of nitrogens with zero attached hydrogens (tertiary/aromatic N) is 3. The van der Waals surface area contributed by atoms with Crippen LogP contribution in [-0.2, 0) is 14.8 Å². The van der Waals surface area contributed by atoms with Crippen molar-refractivity contribution in [3.8, 4) is 17.2 Å². The molecule has 2 aromatic carbocycles. The Bertz CT molecular complexity index is 1450. The first kappa shape index (κ1) is 27.2. The highest BCUT2D eigenvalue weighted by Crippen LogP contribution is 2.40. The maximum absolute atomic E-state index is 13.1. The summed E-state index contributed by atoms with van der Waals surface area (Å²) in [5.41, 5.74) is 8.04. The number of benzene rings is 2. The first-order chi connectivity index (χ1) is 18.7. The van der Waals surface area contributed by atoms with Crippen molar-refractivity contribution in [3.63, 3.8) is 0 Å². The first-order valence-electron chi connectivity index (χ1n) is 12.8. The number of aromatic nitrogens is 1. The van der Waals surface area contributed by atoms with Crippen molar-refractivity contribution in [2.24, 2.45) is 0 Å². The normalized spacial score (nSPS) is 17.6. The molecule has 3 aromatic rings. The van der Waals surface area contributed by atoms with Crippen LogP contribution in [0.5, 0.6) is 17.2 Å². The van der Waals surface area contributed by atoms with Gasteiger partial charge in [0.2, 0.25) is 0 Å². The number of sulfonamides is 1. The molecule has 1 amide bonds. The number of thiazole rings is 1. The first-order valence-corrected chi connectivity index (χ1v) is 15.0. The summed E-state index contributed by atoms with van der Waals surface area (Å²) >= 11 is 0.938. The Labute approximate surface area is 232 Å². The van der Waals surface area contributed by atoms with Gasteiger partial charge in [0.15, 0.2) is 26.9 Å². The number of hydrogen-bond donors (Lipinski definition) is 1. The lowest BCUT2D eigenvalue weighted by atomic mass is 10.1. The summed E-state index contributed by atoms with van der Waals surface area (Å²) in [6.07, 6.45) is 2.51. The van der Waals surface area contributed by atoms with Gasteiger partial charge in [-0.1, -0.05) is 23.5 Å². The minimum absolute atomic E-state index is 0.0941. The van der Waals surface area contributed by atoms with Crippen LogP contribution >= 0.6 is 11.3 Å². The molecule has 1 aliphatic carbocycles. The Hall–Kier alpha value is -3.35. The molecule has 5 rings (SSSR count). The van der Waals surface area contributed by atoms with Crippen molar-refractivity contribution in [3.05, 3.63) is 53.7 Å². The van der Waals surface area contributed by atoms with E-state index in [4.69, 9.17) is 19.9 Å². The number of carbonyl (C=O) groups excluding carboxylic acids is 1. The lowest BCUT2D eigenvalue weighted by Gasteiger charge is -2.20. The summed E-state index contributed by atoms with van der Waals surface area (Å²) in [7, 11) is -0.736. The zero-order valence-electron chi connectivity index (χ0n) is 22.1. The third-order valence-corrected chi connectivity index (χ3v) is 10.3. The number of aryl methyl sites for hydroxylation is 1. The van der Waals surface area contributed by atoms with Crippen LogP contribution in [0.15, 0.2) is 46.7 Å². The molecule has 2 N–H and O–H groups in total. The second-order valence-electron chi connectivity index (χ2n) is 9.66. The van der Waals surface area contributed by atoms with Crippen LogP contribution in [0.1, 0.15) is 36.4 Å². The number of amides is 1. The smallest absolute Gasteiger partial charge is 0.268 e. The molecule has 1 saturated carbocycles. The molecule has 1 aliphatic heterocycles. The van der Waals surface area contributed by atoms with E-state index < -0.39 is 16.1 Å². The van der Waals surface area contributed by atoms with Crippen LogP contribution < -0.4 is 24.8 Å². The third-order valence-electron chi connectivity index (χ3n) is 6.90. The van der Waals surface area contributed by atoms with Crippen molar-refractivity contribution in [1.29, 1.82) is 0 Å². The molecule has 2 fully saturated rings. The number of hydrogen-bond acceptors (Lipinski definition) is 9. The van der Waals surface area contributed by atoms with E-state index >= 15 is 0 Å². The van der Waals surface area contributed by atoms with Crippen molar-refractivity contribution in [2.75, 3.05) is 44.5 Å². The number of anilines is 2. The van der Waals surface area contributed by atoms with Gasteiger partial charge in [-0.2, -0.15) is 4.31 Å². The molecule has 39 heavy (non-hydrogen) atoms. The standard InChI is InChI=1S/C27H32N4O6S2/c1-17-26(38-27(28)29-17)39(33,34)30(2)14-15-36-22-11-8-20(16-24(22)35-3)31-13-12-23(25(31)32)37-21-9-6-19(7-10-21)18-4-5-18/h6-11,16,18,23H,4-5,12-15H2,1-3H3,(H2,28,29)/t23-/m0/s1. The topological polar surface area (TPSA) is 124 Å². The maximum Gasteiger partial charge on any atom is 0.268 e. The summed E-state index contributed by atoms with van der Waals surface area (Å²) in [6, 6.07) is 13.3. The van der Waals surface area contributed by atoms with Crippen LogP contribution in [0.25, 0.3) is 0 Å². The monoisotopic (exact) mass is 572 g/mol. The van der Waals surface area contributed by atoms with E-state index in [1.54, 1.807) is 30.0 Å². The Morgan fingerprint density at radius 1 is 1.13 bits per heavy atom. The zero-order chi connectivity index (χ0) is 27.7. The third kappa shape index (κ3) is 5.82. The van der Waals surface area contributed by atoms with E-state index in [0.29, 0.717) is 47.5 Å². The van der Waals surface area contributed by atoms with E-state index in [0.717, 1.165) is 11.3 Å². The van der Waals surface area contributed by atoms with E-state index in [2.05, 4.69) is 17.1 Å². The highest BCUT2D eigenvalue weighted by Gasteiger charge is 2.35. The molecular formula is C27H32N4O6S2.